The van der Waals surface area contributed by atoms with Gasteiger partial charge in [-0.25, -0.2) is 5.10 Å². The molecule has 0 aromatic carbocycles. The zero-order valence-electron chi connectivity index (χ0n) is 7.64. The molecule has 0 aliphatic heterocycles. The molecule has 2 heterocycles. The third-order valence-electron chi connectivity index (χ3n) is 1.71. The Bertz CT molecular complexity index is 394. The third-order valence-corrected chi connectivity index (χ3v) is 2.47. The minimum absolute atomic E-state index is 0.330. The molecule has 2 rings (SSSR count). The Morgan fingerprint density at radius 2 is 2.50 bits per heavy atom. The highest BCUT2D eigenvalue weighted by Gasteiger charge is 2.07. The van der Waals surface area contributed by atoms with Gasteiger partial charge in [0.15, 0.2) is 0 Å². The minimum Gasteiger partial charge on any atom is -0.368 e. The topological polar surface area (TPSA) is 83.7 Å². The first-order valence-electron chi connectivity index (χ1n) is 4.02. The molecule has 2 aromatic rings. The van der Waals surface area contributed by atoms with Crippen molar-refractivity contribution in [3.63, 3.8) is 0 Å². The molecular formula is C7H10N6S. The summed E-state index contributed by atoms with van der Waals surface area (Å²) in [5.74, 6) is 0.923. The lowest BCUT2D eigenvalue weighted by molar-refractivity contribution is 0.880. The lowest BCUT2D eigenvalue weighted by atomic mass is 10.5. The molecule has 74 valence electrons. The van der Waals surface area contributed by atoms with Crippen LogP contribution in [0.3, 0.4) is 0 Å². The number of hydrogen-bond acceptors (Lipinski definition) is 6. The molecule has 0 aliphatic carbocycles. The number of nitrogens with one attached hydrogen (secondary N) is 1. The van der Waals surface area contributed by atoms with Crippen LogP contribution >= 0.6 is 11.3 Å². The van der Waals surface area contributed by atoms with Gasteiger partial charge in [-0.15, -0.1) is 16.4 Å². The summed E-state index contributed by atoms with van der Waals surface area (Å²) in [5, 5.41) is 6.54. The lowest BCUT2D eigenvalue weighted by Gasteiger charge is -2.12. The molecule has 6 nitrogen and oxygen atoms in total. The van der Waals surface area contributed by atoms with Crippen molar-refractivity contribution in [2.24, 2.45) is 0 Å². The van der Waals surface area contributed by atoms with E-state index in [1.807, 2.05) is 18.1 Å². The van der Waals surface area contributed by atoms with E-state index >= 15 is 0 Å². The molecule has 0 saturated carbocycles. The fourth-order valence-corrected chi connectivity index (χ4v) is 1.71. The Hall–Kier alpha value is -1.63. The summed E-state index contributed by atoms with van der Waals surface area (Å²) in [5.41, 5.74) is 7.23. The SMILES string of the molecule is CN(Cc1cncs1)c1n[nH]c(N)n1. The highest BCUT2D eigenvalue weighted by atomic mass is 32.1. The largest absolute Gasteiger partial charge is 0.368 e. The molecule has 14 heavy (non-hydrogen) atoms. The van der Waals surface area contributed by atoms with Gasteiger partial charge in [-0.05, 0) is 0 Å². The molecular weight excluding hydrogens is 200 g/mol. The maximum Gasteiger partial charge on any atom is 0.246 e. The van der Waals surface area contributed by atoms with Crippen LogP contribution in [0.15, 0.2) is 11.7 Å². The molecule has 0 aliphatic rings. The normalized spacial score (nSPS) is 10.4. The molecule has 0 fully saturated rings. The molecule has 3 N–H and O–H groups in total. The predicted octanol–water partition coefficient (Wildman–Crippen LogP) is 0.480. The van der Waals surface area contributed by atoms with E-state index in [0.29, 0.717) is 11.9 Å². The number of nitrogens with two attached hydrogens (primary N) is 1. The van der Waals surface area contributed by atoms with Crippen LogP contribution in [0.25, 0.3) is 0 Å². The van der Waals surface area contributed by atoms with Gasteiger partial charge in [0, 0.05) is 18.1 Å². The second kappa shape index (κ2) is 3.62. The van der Waals surface area contributed by atoms with Crippen LogP contribution in [0.5, 0.6) is 0 Å². The number of aromatic nitrogens is 4. The van der Waals surface area contributed by atoms with E-state index < -0.39 is 0 Å². The zero-order chi connectivity index (χ0) is 9.97. The highest BCUT2D eigenvalue weighted by molar-refractivity contribution is 7.09. The van der Waals surface area contributed by atoms with Gasteiger partial charge in [0.25, 0.3) is 0 Å². The van der Waals surface area contributed by atoms with E-state index in [2.05, 4.69) is 20.2 Å². The molecule has 0 unspecified atom stereocenters. The summed E-state index contributed by atoms with van der Waals surface area (Å²) in [7, 11) is 1.91. The Morgan fingerprint density at radius 3 is 3.07 bits per heavy atom. The zero-order valence-corrected chi connectivity index (χ0v) is 8.45. The summed E-state index contributed by atoms with van der Waals surface area (Å²) in [4.78, 5) is 11.1. The van der Waals surface area contributed by atoms with Gasteiger partial charge in [0.1, 0.15) is 0 Å². The molecule has 7 heteroatoms. The van der Waals surface area contributed by atoms with Crippen molar-refractivity contribution in [3.8, 4) is 0 Å². The number of nitrogens with zero attached hydrogens (tertiary/aromatic N) is 4. The summed E-state index contributed by atoms with van der Waals surface area (Å²) < 4.78 is 0. The van der Waals surface area contributed by atoms with E-state index in [-0.39, 0.29) is 0 Å². The average molecular weight is 210 g/mol. The number of rotatable bonds is 3. The van der Waals surface area contributed by atoms with Crippen LogP contribution < -0.4 is 10.6 Å². The molecule has 0 bridgehead atoms. The van der Waals surface area contributed by atoms with E-state index in [1.54, 1.807) is 16.8 Å². The van der Waals surface area contributed by atoms with Gasteiger partial charge in [0.2, 0.25) is 11.9 Å². The van der Waals surface area contributed by atoms with Crippen molar-refractivity contribution in [2.45, 2.75) is 6.54 Å². The van der Waals surface area contributed by atoms with Crippen molar-refractivity contribution in [3.05, 3.63) is 16.6 Å². The summed E-state index contributed by atoms with van der Waals surface area (Å²) >= 11 is 1.60. The predicted molar refractivity (Wildman–Crippen MR) is 55.0 cm³/mol. The van der Waals surface area contributed by atoms with Gasteiger partial charge in [0.05, 0.1) is 12.1 Å². The number of thiazole rings is 1. The maximum absolute atomic E-state index is 5.42. The Balaban J connectivity index is 2.06. The molecule has 0 saturated heterocycles. The minimum atomic E-state index is 0.330. The van der Waals surface area contributed by atoms with Crippen molar-refractivity contribution >= 4 is 23.2 Å². The highest BCUT2D eigenvalue weighted by Crippen LogP contribution is 2.12. The quantitative estimate of drug-likeness (QED) is 0.769. The standard InChI is InChI=1S/C7H10N6S/c1-13(3-5-2-9-4-14-5)7-10-6(8)11-12-7/h2,4H,3H2,1H3,(H3,8,10,11,12). The number of aromatic amines is 1. The Morgan fingerprint density at radius 1 is 1.64 bits per heavy atom. The fourth-order valence-electron chi connectivity index (χ4n) is 1.06. The molecule has 0 radical (unpaired) electrons. The molecule has 0 spiro atoms. The molecule has 2 aromatic heterocycles. The first kappa shape index (κ1) is 8.95. The van der Waals surface area contributed by atoms with Crippen molar-refractivity contribution in [1.82, 2.24) is 20.2 Å². The Kier molecular flexibility index (Phi) is 2.32. The number of H-pyrrole nitrogens is 1. The number of anilines is 2. The number of nitrogen functional groups attached to an aromatic ring is 1. The van der Waals surface area contributed by atoms with E-state index in [4.69, 9.17) is 5.73 Å². The first-order valence-corrected chi connectivity index (χ1v) is 4.90. The van der Waals surface area contributed by atoms with Crippen molar-refractivity contribution < 1.29 is 0 Å². The van der Waals surface area contributed by atoms with Crippen LogP contribution in [-0.4, -0.2) is 27.2 Å². The van der Waals surface area contributed by atoms with Crippen LogP contribution in [0, 0.1) is 0 Å². The van der Waals surface area contributed by atoms with Crippen LogP contribution in [0.4, 0.5) is 11.9 Å². The average Bonchev–Trinajstić information content (AvgIpc) is 2.75. The monoisotopic (exact) mass is 210 g/mol. The second-order valence-electron chi connectivity index (χ2n) is 2.84. The second-order valence-corrected chi connectivity index (χ2v) is 3.82. The molecule has 0 atom stereocenters. The van der Waals surface area contributed by atoms with Gasteiger partial charge in [-0.2, -0.15) is 4.98 Å². The van der Waals surface area contributed by atoms with Crippen molar-refractivity contribution in [2.75, 3.05) is 17.7 Å². The van der Waals surface area contributed by atoms with Crippen LogP contribution in [0.2, 0.25) is 0 Å². The third kappa shape index (κ3) is 1.82. The number of hydrogen-bond donors (Lipinski definition) is 2. The molecule has 0 amide bonds. The van der Waals surface area contributed by atoms with Crippen LogP contribution in [-0.2, 0) is 6.54 Å². The van der Waals surface area contributed by atoms with Gasteiger partial charge in [-0.3, -0.25) is 4.98 Å². The first-order chi connectivity index (χ1) is 6.75. The van der Waals surface area contributed by atoms with Gasteiger partial charge < -0.3 is 10.6 Å². The van der Waals surface area contributed by atoms with Crippen molar-refractivity contribution in [1.29, 1.82) is 0 Å². The van der Waals surface area contributed by atoms with E-state index in [1.165, 1.54) is 0 Å². The maximum atomic E-state index is 5.42. The van der Waals surface area contributed by atoms with Crippen LogP contribution in [0.1, 0.15) is 4.88 Å². The fraction of sp³-hybridized carbons (Fsp3) is 0.286. The van der Waals surface area contributed by atoms with E-state index in [0.717, 1.165) is 11.4 Å². The Labute approximate surface area is 84.8 Å². The smallest absolute Gasteiger partial charge is 0.246 e. The summed E-state index contributed by atoms with van der Waals surface area (Å²) in [6.45, 7) is 0.738. The van der Waals surface area contributed by atoms with E-state index in [9.17, 15) is 0 Å². The van der Waals surface area contributed by atoms with Gasteiger partial charge in [-0.1, -0.05) is 0 Å². The summed E-state index contributed by atoms with van der Waals surface area (Å²) in [6, 6.07) is 0. The van der Waals surface area contributed by atoms with Gasteiger partial charge >= 0.3 is 0 Å². The lowest BCUT2D eigenvalue weighted by Crippen LogP contribution is -2.17. The summed E-state index contributed by atoms with van der Waals surface area (Å²) in [6.07, 6.45) is 1.83.